The lowest BCUT2D eigenvalue weighted by molar-refractivity contribution is 0.548. The van der Waals surface area contributed by atoms with Gasteiger partial charge in [-0.2, -0.15) is 0 Å². The molecule has 0 saturated heterocycles. The standard InChI is InChI=1S/C17H16Br2Cl2/c1-12-4-2-3-5-15(12)17(10-18,11-19)9-13-8-14(20)6-7-16(13)21/h2-8H,9-11H2,1H3. The van der Waals surface area contributed by atoms with Gasteiger partial charge in [0.2, 0.25) is 0 Å². The minimum absolute atomic E-state index is 0.0559. The molecule has 21 heavy (non-hydrogen) atoms. The van der Waals surface area contributed by atoms with Gasteiger partial charge in [0.25, 0.3) is 0 Å². The summed E-state index contributed by atoms with van der Waals surface area (Å²) in [6, 6.07) is 14.1. The topological polar surface area (TPSA) is 0 Å². The Bertz CT molecular complexity index is 622. The number of halogens is 4. The number of alkyl halides is 2. The van der Waals surface area contributed by atoms with Crippen molar-refractivity contribution in [1.82, 2.24) is 0 Å². The number of hydrogen-bond acceptors (Lipinski definition) is 0. The SMILES string of the molecule is Cc1ccccc1C(CBr)(CBr)Cc1cc(Cl)ccc1Cl. The van der Waals surface area contributed by atoms with E-state index < -0.39 is 0 Å². The van der Waals surface area contributed by atoms with E-state index in [0.29, 0.717) is 0 Å². The van der Waals surface area contributed by atoms with E-state index in [2.05, 4.69) is 63.0 Å². The highest BCUT2D eigenvalue weighted by atomic mass is 79.9. The molecular formula is C17H16Br2Cl2. The minimum atomic E-state index is -0.0559. The normalized spacial score (nSPS) is 11.7. The first-order valence-electron chi connectivity index (χ1n) is 6.64. The molecular weight excluding hydrogens is 435 g/mol. The van der Waals surface area contributed by atoms with Crippen molar-refractivity contribution in [1.29, 1.82) is 0 Å². The van der Waals surface area contributed by atoms with Gasteiger partial charge in [-0.1, -0.05) is 79.3 Å². The highest BCUT2D eigenvalue weighted by molar-refractivity contribution is 9.09. The Morgan fingerprint density at radius 2 is 1.67 bits per heavy atom. The van der Waals surface area contributed by atoms with Gasteiger partial charge in [0.1, 0.15) is 0 Å². The molecule has 0 radical (unpaired) electrons. The van der Waals surface area contributed by atoms with Crippen molar-refractivity contribution in [2.24, 2.45) is 0 Å². The Morgan fingerprint density at radius 1 is 1.00 bits per heavy atom. The van der Waals surface area contributed by atoms with Crippen molar-refractivity contribution in [2.45, 2.75) is 18.8 Å². The van der Waals surface area contributed by atoms with Gasteiger partial charge in [0.05, 0.1) is 0 Å². The molecule has 0 aliphatic carbocycles. The molecule has 0 aromatic heterocycles. The van der Waals surface area contributed by atoms with Gasteiger partial charge >= 0.3 is 0 Å². The first kappa shape index (κ1) is 17.3. The molecule has 2 rings (SSSR count). The van der Waals surface area contributed by atoms with Gasteiger partial charge in [0.15, 0.2) is 0 Å². The molecule has 0 atom stereocenters. The van der Waals surface area contributed by atoms with Crippen LogP contribution < -0.4 is 0 Å². The van der Waals surface area contributed by atoms with Crippen LogP contribution in [0.1, 0.15) is 16.7 Å². The van der Waals surface area contributed by atoms with Crippen LogP contribution in [-0.2, 0) is 11.8 Å². The summed E-state index contributed by atoms with van der Waals surface area (Å²) >= 11 is 19.9. The van der Waals surface area contributed by atoms with E-state index in [1.807, 2.05) is 18.2 Å². The van der Waals surface area contributed by atoms with Gasteiger partial charge in [-0.05, 0) is 48.2 Å². The largest absolute Gasteiger partial charge is 0.0918 e. The van der Waals surface area contributed by atoms with Crippen LogP contribution >= 0.6 is 55.1 Å². The van der Waals surface area contributed by atoms with Crippen LogP contribution in [-0.4, -0.2) is 10.7 Å². The smallest absolute Gasteiger partial charge is 0.0439 e. The highest BCUT2D eigenvalue weighted by Gasteiger charge is 2.32. The molecule has 0 heterocycles. The zero-order valence-corrected chi connectivity index (χ0v) is 16.4. The summed E-state index contributed by atoms with van der Waals surface area (Å²) in [7, 11) is 0. The first-order valence-corrected chi connectivity index (χ1v) is 9.64. The van der Waals surface area contributed by atoms with Gasteiger partial charge < -0.3 is 0 Å². The lowest BCUT2D eigenvalue weighted by Crippen LogP contribution is -2.34. The molecule has 0 amide bonds. The highest BCUT2D eigenvalue weighted by Crippen LogP contribution is 2.37. The molecule has 2 aromatic carbocycles. The number of aryl methyl sites for hydroxylation is 1. The van der Waals surface area contributed by atoms with Crippen molar-refractivity contribution in [3.8, 4) is 0 Å². The lowest BCUT2D eigenvalue weighted by Gasteiger charge is -2.32. The van der Waals surface area contributed by atoms with E-state index >= 15 is 0 Å². The summed E-state index contributed by atoms with van der Waals surface area (Å²) in [6.45, 7) is 2.15. The Kier molecular flexibility index (Phi) is 6.19. The molecule has 0 unspecified atom stereocenters. The van der Waals surface area contributed by atoms with Crippen LogP contribution in [0.25, 0.3) is 0 Å². The second-order valence-corrected chi connectivity index (χ2v) is 7.24. The van der Waals surface area contributed by atoms with Gasteiger partial charge in [-0.15, -0.1) is 0 Å². The van der Waals surface area contributed by atoms with E-state index in [9.17, 15) is 0 Å². The van der Waals surface area contributed by atoms with E-state index in [0.717, 1.165) is 32.7 Å². The molecule has 4 heteroatoms. The number of rotatable bonds is 5. The molecule has 2 aromatic rings. The summed E-state index contributed by atoms with van der Waals surface area (Å²) in [5.74, 6) is 0. The maximum atomic E-state index is 6.35. The van der Waals surface area contributed by atoms with Crippen LogP contribution in [0.5, 0.6) is 0 Å². The average molecular weight is 451 g/mol. The van der Waals surface area contributed by atoms with Crippen LogP contribution in [0.15, 0.2) is 42.5 Å². The first-order chi connectivity index (χ1) is 10.0. The number of benzene rings is 2. The molecule has 0 spiro atoms. The van der Waals surface area contributed by atoms with Gasteiger partial charge in [-0.25, -0.2) is 0 Å². The second-order valence-electron chi connectivity index (χ2n) is 5.28. The summed E-state index contributed by atoms with van der Waals surface area (Å²) in [4.78, 5) is 0. The van der Waals surface area contributed by atoms with E-state index in [-0.39, 0.29) is 5.41 Å². The average Bonchev–Trinajstić information content (AvgIpc) is 2.49. The predicted molar refractivity (Wildman–Crippen MR) is 101 cm³/mol. The molecule has 112 valence electrons. The Labute approximate surface area is 153 Å². The summed E-state index contributed by atoms with van der Waals surface area (Å²) in [5, 5.41) is 3.18. The van der Waals surface area contributed by atoms with Gasteiger partial charge in [-0.3, -0.25) is 0 Å². The zero-order chi connectivity index (χ0) is 15.5. The molecule has 0 aliphatic heterocycles. The van der Waals surface area contributed by atoms with Crippen molar-refractivity contribution in [3.63, 3.8) is 0 Å². The third-order valence-corrected chi connectivity index (χ3v) is 6.52. The quantitative estimate of drug-likeness (QED) is 0.452. The van der Waals surface area contributed by atoms with Crippen molar-refractivity contribution >= 4 is 55.1 Å². The minimum Gasteiger partial charge on any atom is -0.0918 e. The molecule has 0 nitrogen and oxygen atoms in total. The Hall–Kier alpha value is -0.0200. The van der Waals surface area contributed by atoms with Crippen LogP contribution in [0.2, 0.25) is 10.0 Å². The fourth-order valence-electron chi connectivity index (χ4n) is 2.58. The summed E-state index contributed by atoms with van der Waals surface area (Å²) < 4.78 is 0. The molecule has 0 N–H and O–H groups in total. The van der Waals surface area contributed by atoms with Crippen molar-refractivity contribution in [2.75, 3.05) is 10.7 Å². The monoisotopic (exact) mass is 448 g/mol. The fraction of sp³-hybridized carbons (Fsp3) is 0.294. The summed E-state index contributed by atoms with van der Waals surface area (Å²) in [6.07, 6.45) is 0.827. The number of hydrogen-bond donors (Lipinski definition) is 0. The van der Waals surface area contributed by atoms with Crippen LogP contribution in [0.4, 0.5) is 0 Å². The van der Waals surface area contributed by atoms with Crippen molar-refractivity contribution < 1.29 is 0 Å². The third-order valence-electron chi connectivity index (χ3n) is 3.76. The second kappa shape index (κ2) is 7.50. The van der Waals surface area contributed by atoms with E-state index in [1.165, 1.54) is 11.1 Å². The lowest BCUT2D eigenvalue weighted by atomic mass is 9.77. The van der Waals surface area contributed by atoms with E-state index in [4.69, 9.17) is 23.2 Å². The molecule has 0 aliphatic rings. The van der Waals surface area contributed by atoms with Crippen LogP contribution in [0.3, 0.4) is 0 Å². The van der Waals surface area contributed by atoms with Gasteiger partial charge in [0, 0.05) is 26.1 Å². The maximum Gasteiger partial charge on any atom is 0.0439 e. The zero-order valence-electron chi connectivity index (χ0n) is 11.7. The predicted octanol–water partition coefficient (Wildman–Crippen LogP) is 6.57. The maximum absolute atomic E-state index is 6.35. The van der Waals surface area contributed by atoms with Crippen LogP contribution in [0, 0.1) is 6.92 Å². The molecule has 0 bridgehead atoms. The molecule has 0 saturated carbocycles. The molecule has 0 fully saturated rings. The Morgan fingerprint density at radius 3 is 2.29 bits per heavy atom. The van der Waals surface area contributed by atoms with E-state index in [1.54, 1.807) is 0 Å². The van der Waals surface area contributed by atoms with Crippen molar-refractivity contribution in [3.05, 3.63) is 69.2 Å². The fourth-order valence-corrected chi connectivity index (χ4v) is 4.89. The Balaban J connectivity index is 2.48. The summed E-state index contributed by atoms with van der Waals surface area (Å²) in [5.41, 5.74) is 3.63. The third kappa shape index (κ3) is 3.85.